The highest BCUT2D eigenvalue weighted by molar-refractivity contribution is 5.77. The molecule has 2 heterocycles. The van der Waals surface area contributed by atoms with Crippen LogP contribution < -0.4 is 0 Å². The number of hydrogen-bond donors (Lipinski definition) is 0. The monoisotopic (exact) mass is 252 g/mol. The van der Waals surface area contributed by atoms with Crippen molar-refractivity contribution in [2.24, 2.45) is 9.98 Å². The highest BCUT2D eigenvalue weighted by Gasteiger charge is 1.87. The first-order valence-corrected chi connectivity index (χ1v) is 6.27. The van der Waals surface area contributed by atoms with Gasteiger partial charge in [0.25, 0.3) is 0 Å². The molecule has 0 N–H and O–H groups in total. The van der Waals surface area contributed by atoms with Crippen LogP contribution in [0.25, 0.3) is 0 Å². The Morgan fingerprint density at radius 1 is 0.789 bits per heavy atom. The lowest BCUT2D eigenvalue weighted by molar-refractivity contribution is 0.850. The molecule has 96 valence electrons. The van der Waals surface area contributed by atoms with Crippen molar-refractivity contribution in [1.29, 1.82) is 0 Å². The van der Waals surface area contributed by atoms with E-state index < -0.39 is 0 Å². The lowest BCUT2D eigenvalue weighted by Gasteiger charge is -1.93. The van der Waals surface area contributed by atoms with Gasteiger partial charge in [0, 0.05) is 37.9 Å². The molecule has 0 bridgehead atoms. The van der Waals surface area contributed by atoms with Crippen LogP contribution in [0, 0.1) is 0 Å². The standard InChI is InChI=1S/C15H16N4/c1-3-10-18-14(6-1)12-16-8-5-9-17-13-15-7-2-4-11-19-15/h1-4,6-7,10-13H,5,8-9H2/b16-12+,17-13+. The minimum absolute atomic E-state index is 0.760. The van der Waals surface area contributed by atoms with Crippen molar-refractivity contribution >= 4 is 12.4 Å². The minimum atomic E-state index is 0.760. The molecule has 4 heteroatoms. The third-order valence-corrected chi connectivity index (χ3v) is 2.40. The summed E-state index contributed by atoms with van der Waals surface area (Å²) in [5.74, 6) is 0. The lowest BCUT2D eigenvalue weighted by Crippen LogP contribution is -1.91. The van der Waals surface area contributed by atoms with Gasteiger partial charge in [-0.15, -0.1) is 0 Å². The zero-order valence-electron chi connectivity index (χ0n) is 10.7. The predicted molar refractivity (Wildman–Crippen MR) is 78.0 cm³/mol. The van der Waals surface area contributed by atoms with E-state index in [0.717, 1.165) is 30.9 Å². The fourth-order valence-electron chi connectivity index (χ4n) is 1.47. The Morgan fingerprint density at radius 2 is 1.32 bits per heavy atom. The third kappa shape index (κ3) is 5.21. The third-order valence-electron chi connectivity index (χ3n) is 2.40. The van der Waals surface area contributed by atoms with Crippen molar-refractivity contribution in [2.45, 2.75) is 6.42 Å². The Morgan fingerprint density at radius 3 is 1.74 bits per heavy atom. The van der Waals surface area contributed by atoms with Gasteiger partial charge in [0.05, 0.1) is 11.4 Å². The zero-order chi connectivity index (χ0) is 13.2. The summed E-state index contributed by atoms with van der Waals surface area (Å²) in [4.78, 5) is 16.9. The molecular formula is C15H16N4. The second-order valence-electron chi connectivity index (χ2n) is 3.93. The van der Waals surface area contributed by atoms with Crippen LogP contribution in [-0.4, -0.2) is 35.5 Å². The SMILES string of the molecule is C(=N\CCC/N=C/c1ccccn1)/c1ccccn1. The van der Waals surface area contributed by atoms with Gasteiger partial charge in [-0.2, -0.15) is 0 Å². The maximum atomic E-state index is 4.31. The highest BCUT2D eigenvalue weighted by atomic mass is 14.8. The molecule has 0 fully saturated rings. The highest BCUT2D eigenvalue weighted by Crippen LogP contribution is 1.91. The maximum Gasteiger partial charge on any atom is 0.0807 e. The first-order valence-electron chi connectivity index (χ1n) is 6.27. The normalized spacial score (nSPS) is 11.4. The summed E-state index contributed by atoms with van der Waals surface area (Å²) < 4.78 is 0. The molecule has 2 aromatic rings. The number of rotatable bonds is 6. The lowest BCUT2D eigenvalue weighted by atomic mass is 10.3. The van der Waals surface area contributed by atoms with Crippen molar-refractivity contribution in [2.75, 3.05) is 13.1 Å². The van der Waals surface area contributed by atoms with E-state index in [9.17, 15) is 0 Å². The van der Waals surface area contributed by atoms with Gasteiger partial charge in [-0.3, -0.25) is 20.0 Å². The van der Waals surface area contributed by atoms with Gasteiger partial charge >= 0.3 is 0 Å². The topological polar surface area (TPSA) is 50.5 Å². The molecule has 0 spiro atoms. The van der Waals surface area contributed by atoms with Gasteiger partial charge < -0.3 is 0 Å². The predicted octanol–water partition coefficient (Wildman–Crippen LogP) is 2.40. The Hall–Kier alpha value is -2.36. The van der Waals surface area contributed by atoms with Crippen molar-refractivity contribution in [3.05, 3.63) is 60.2 Å². The fourth-order valence-corrected chi connectivity index (χ4v) is 1.47. The fraction of sp³-hybridized carbons (Fsp3) is 0.200. The summed E-state index contributed by atoms with van der Waals surface area (Å²) in [6.07, 6.45) is 8.04. The number of aromatic nitrogens is 2. The summed E-state index contributed by atoms with van der Waals surface area (Å²) in [7, 11) is 0. The average molecular weight is 252 g/mol. The number of pyridine rings is 2. The molecule has 0 aliphatic carbocycles. The van der Waals surface area contributed by atoms with E-state index in [1.807, 2.05) is 36.4 Å². The summed E-state index contributed by atoms with van der Waals surface area (Å²) >= 11 is 0. The summed E-state index contributed by atoms with van der Waals surface area (Å²) in [6.45, 7) is 1.52. The van der Waals surface area contributed by atoms with Crippen LogP contribution in [0.1, 0.15) is 17.8 Å². The maximum absolute atomic E-state index is 4.31. The second-order valence-corrected chi connectivity index (χ2v) is 3.93. The zero-order valence-corrected chi connectivity index (χ0v) is 10.7. The van der Waals surface area contributed by atoms with E-state index in [-0.39, 0.29) is 0 Å². The van der Waals surface area contributed by atoms with Gasteiger partial charge in [-0.25, -0.2) is 0 Å². The molecule has 19 heavy (non-hydrogen) atoms. The Labute approximate surface area is 113 Å². The Bertz CT molecular complexity index is 471. The van der Waals surface area contributed by atoms with E-state index in [4.69, 9.17) is 0 Å². The van der Waals surface area contributed by atoms with Gasteiger partial charge in [0.1, 0.15) is 0 Å². The molecule has 0 aliphatic rings. The smallest absolute Gasteiger partial charge is 0.0807 e. The van der Waals surface area contributed by atoms with Crippen molar-refractivity contribution < 1.29 is 0 Å². The first-order chi connectivity index (χ1) is 9.45. The van der Waals surface area contributed by atoms with E-state index in [2.05, 4.69) is 20.0 Å². The van der Waals surface area contributed by atoms with E-state index >= 15 is 0 Å². The number of nitrogens with zero attached hydrogens (tertiary/aromatic N) is 4. The number of aliphatic imine (C=N–C) groups is 2. The molecule has 0 radical (unpaired) electrons. The van der Waals surface area contributed by atoms with E-state index in [1.165, 1.54) is 0 Å². The molecule has 0 saturated carbocycles. The van der Waals surface area contributed by atoms with Gasteiger partial charge in [-0.1, -0.05) is 12.1 Å². The molecular weight excluding hydrogens is 236 g/mol. The first kappa shape index (κ1) is 13.1. The number of hydrogen-bond acceptors (Lipinski definition) is 4. The minimum Gasteiger partial charge on any atom is -0.291 e. The molecule has 0 aromatic carbocycles. The molecule has 4 nitrogen and oxygen atoms in total. The van der Waals surface area contributed by atoms with Crippen LogP contribution in [0.15, 0.2) is 58.8 Å². The van der Waals surface area contributed by atoms with Gasteiger partial charge in [-0.05, 0) is 30.7 Å². The van der Waals surface area contributed by atoms with Crippen LogP contribution >= 0.6 is 0 Å². The van der Waals surface area contributed by atoms with E-state index in [1.54, 1.807) is 24.8 Å². The summed E-state index contributed by atoms with van der Waals surface area (Å²) in [5.41, 5.74) is 1.78. The summed E-state index contributed by atoms with van der Waals surface area (Å²) in [5, 5.41) is 0. The van der Waals surface area contributed by atoms with Gasteiger partial charge in [0.2, 0.25) is 0 Å². The van der Waals surface area contributed by atoms with E-state index in [0.29, 0.717) is 0 Å². The van der Waals surface area contributed by atoms with Gasteiger partial charge in [0.15, 0.2) is 0 Å². The van der Waals surface area contributed by atoms with Crippen LogP contribution in [0.2, 0.25) is 0 Å². The quantitative estimate of drug-likeness (QED) is 0.585. The van der Waals surface area contributed by atoms with Crippen LogP contribution in [-0.2, 0) is 0 Å². The summed E-state index contributed by atoms with van der Waals surface area (Å²) in [6, 6.07) is 11.6. The average Bonchev–Trinajstić information content (AvgIpc) is 2.48. The van der Waals surface area contributed by atoms with Crippen LogP contribution in [0.5, 0.6) is 0 Å². The largest absolute Gasteiger partial charge is 0.291 e. The molecule has 2 aromatic heterocycles. The molecule has 0 unspecified atom stereocenters. The molecule has 0 atom stereocenters. The van der Waals surface area contributed by atoms with Crippen molar-refractivity contribution in [1.82, 2.24) is 9.97 Å². The van der Waals surface area contributed by atoms with Crippen molar-refractivity contribution in [3.63, 3.8) is 0 Å². The Balaban J connectivity index is 1.65. The molecule has 2 rings (SSSR count). The molecule has 0 amide bonds. The second kappa shape index (κ2) is 7.87. The molecule has 0 saturated heterocycles. The molecule has 0 aliphatic heterocycles. The van der Waals surface area contributed by atoms with Crippen molar-refractivity contribution in [3.8, 4) is 0 Å². The van der Waals surface area contributed by atoms with Crippen LogP contribution in [0.4, 0.5) is 0 Å². The Kier molecular flexibility index (Phi) is 5.42. The van der Waals surface area contributed by atoms with Crippen LogP contribution in [0.3, 0.4) is 0 Å².